The van der Waals surface area contributed by atoms with Crippen molar-refractivity contribution < 1.29 is 13.2 Å². The summed E-state index contributed by atoms with van der Waals surface area (Å²) in [7, 11) is -4.05. The Morgan fingerprint density at radius 1 is 1.22 bits per heavy atom. The minimum Gasteiger partial charge on any atom is -0.369 e. The summed E-state index contributed by atoms with van der Waals surface area (Å²) in [5.41, 5.74) is 6.91. The smallest absolute Gasteiger partial charge is 0.238 e. The first-order chi connectivity index (χ1) is 12.7. The molecule has 0 aliphatic rings. The van der Waals surface area contributed by atoms with Gasteiger partial charge in [0, 0.05) is 16.8 Å². The van der Waals surface area contributed by atoms with Crippen LogP contribution in [0.2, 0.25) is 5.02 Å². The number of nitrogens with two attached hydrogens (primary N) is 2. The average molecular weight is 422 g/mol. The molecule has 3 aromatic rings. The molecule has 2 aromatic carbocycles. The molecule has 0 radical (unpaired) electrons. The highest BCUT2D eigenvalue weighted by Gasteiger charge is 2.26. The fraction of sp³-hybridized carbons (Fsp3) is 0.111. The minimum atomic E-state index is -4.05. The van der Waals surface area contributed by atoms with E-state index >= 15 is 0 Å². The van der Waals surface area contributed by atoms with Crippen LogP contribution in [0, 0.1) is 6.92 Å². The molecular formula is C18H16ClN3O3S2. The van der Waals surface area contributed by atoms with E-state index in [-0.39, 0.29) is 4.90 Å². The number of carbonyl (C=O) groups is 1. The molecule has 6 nitrogen and oxygen atoms in total. The van der Waals surface area contributed by atoms with Gasteiger partial charge in [-0.25, -0.2) is 18.5 Å². The van der Waals surface area contributed by atoms with Crippen molar-refractivity contribution in [2.75, 3.05) is 0 Å². The standard InChI is InChI=1S/C18H16ClN3O3S2/c1-10-22-9-15(26-10)13-7-6-11(8-16(13)27(21,24)25)17(18(20)23)12-4-2-3-5-14(12)19/h2-9,17H,1H3,(H2,20,23)(H2,21,24,25). The van der Waals surface area contributed by atoms with Crippen molar-refractivity contribution in [3.8, 4) is 10.4 Å². The Kier molecular flexibility index (Phi) is 5.34. The van der Waals surface area contributed by atoms with Crippen molar-refractivity contribution >= 4 is 38.9 Å². The number of halogens is 1. The zero-order valence-electron chi connectivity index (χ0n) is 14.2. The van der Waals surface area contributed by atoms with Crippen molar-refractivity contribution in [1.29, 1.82) is 0 Å². The Morgan fingerprint density at radius 3 is 2.48 bits per heavy atom. The first kappa shape index (κ1) is 19.5. The highest BCUT2D eigenvalue weighted by Crippen LogP contribution is 2.36. The highest BCUT2D eigenvalue weighted by molar-refractivity contribution is 7.89. The summed E-state index contributed by atoms with van der Waals surface area (Å²) in [6.07, 6.45) is 1.59. The lowest BCUT2D eigenvalue weighted by Crippen LogP contribution is -2.23. The quantitative estimate of drug-likeness (QED) is 0.658. The molecule has 1 heterocycles. The topological polar surface area (TPSA) is 116 Å². The lowest BCUT2D eigenvalue weighted by molar-refractivity contribution is -0.118. The molecule has 1 amide bonds. The van der Waals surface area contributed by atoms with Gasteiger partial charge >= 0.3 is 0 Å². The lowest BCUT2D eigenvalue weighted by atomic mass is 9.90. The van der Waals surface area contributed by atoms with E-state index in [9.17, 15) is 13.2 Å². The normalized spacial score (nSPS) is 12.7. The van der Waals surface area contributed by atoms with Gasteiger partial charge in [0.15, 0.2) is 0 Å². The molecule has 140 valence electrons. The van der Waals surface area contributed by atoms with Crippen LogP contribution >= 0.6 is 22.9 Å². The van der Waals surface area contributed by atoms with Crippen LogP contribution in [-0.2, 0) is 14.8 Å². The number of thiazole rings is 1. The first-order valence-corrected chi connectivity index (χ1v) is 10.6. The number of rotatable bonds is 5. The second kappa shape index (κ2) is 7.40. The van der Waals surface area contributed by atoms with E-state index < -0.39 is 21.8 Å². The van der Waals surface area contributed by atoms with Gasteiger partial charge in [0.2, 0.25) is 15.9 Å². The summed E-state index contributed by atoms with van der Waals surface area (Å²) >= 11 is 7.56. The van der Waals surface area contributed by atoms with E-state index in [0.29, 0.717) is 26.6 Å². The number of aryl methyl sites for hydroxylation is 1. The third-order valence-corrected chi connectivity index (χ3v) is 6.27. The van der Waals surface area contributed by atoms with Crippen LogP contribution < -0.4 is 10.9 Å². The summed E-state index contributed by atoms with van der Waals surface area (Å²) in [5, 5.41) is 6.58. The minimum absolute atomic E-state index is 0.0954. The second-order valence-electron chi connectivity index (χ2n) is 5.90. The molecule has 0 saturated heterocycles. The predicted molar refractivity (Wildman–Crippen MR) is 106 cm³/mol. The molecule has 9 heteroatoms. The summed E-state index contributed by atoms with van der Waals surface area (Å²) in [6.45, 7) is 1.82. The molecule has 1 atom stereocenters. The number of primary amides is 1. The molecule has 0 aliphatic carbocycles. The SMILES string of the molecule is Cc1ncc(-c2ccc(C(C(N)=O)c3ccccc3Cl)cc2S(N)(=O)=O)s1. The number of sulfonamides is 1. The van der Waals surface area contributed by atoms with Crippen molar-refractivity contribution in [3.63, 3.8) is 0 Å². The predicted octanol–water partition coefficient (Wildman–Crippen LogP) is 3.04. The molecule has 0 bridgehead atoms. The third-order valence-electron chi connectivity index (χ3n) is 4.03. The Hall–Kier alpha value is -2.26. The van der Waals surface area contributed by atoms with Crippen LogP contribution in [0.4, 0.5) is 0 Å². The number of benzene rings is 2. The molecular weight excluding hydrogens is 406 g/mol. The number of primary sulfonamides is 1. The van der Waals surface area contributed by atoms with E-state index in [1.807, 2.05) is 6.92 Å². The van der Waals surface area contributed by atoms with Crippen LogP contribution in [0.5, 0.6) is 0 Å². The van der Waals surface area contributed by atoms with Crippen molar-refractivity contribution in [2.24, 2.45) is 10.9 Å². The monoisotopic (exact) mass is 421 g/mol. The van der Waals surface area contributed by atoms with Gasteiger partial charge in [-0.15, -0.1) is 11.3 Å². The van der Waals surface area contributed by atoms with Gasteiger partial charge in [-0.2, -0.15) is 0 Å². The molecule has 4 N–H and O–H groups in total. The number of hydrogen-bond acceptors (Lipinski definition) is 5. The van der Waals surface area contributed by atoms with E-state index in [4.69, 9.17) is 22.5 Å². The second-order valence-corrected chi connectivity index (χ2v) is 9.07. The van der Waals surface area contributed by atoms with Crippen LogP contribution in [0.15, 0.2) is 53.6 Å². The molecule has 1 unspecified atom stereocenters. The Labute approximate surface area is 165 Å². The lowest BCUT2D eigenvalue weighted by Gasteiger charge is -2.17. The maximum absolute atomic E-state index is 12.2. The van der Waals surface area contributed by atoms with Gasteiger partial charge in [-0.1, -0.05) is 41.9 Å². The summed E-state index contributed by atoms with van der Waals surface area (Å²) in [6, 6.07) is 11.4. The zero-order chi connectivity index (χ0) is 19.8. The van der Waals surface area contributed by atoms with Gasteiger partial charge in [-0.05, 0) is 30.2 Å². The van der Waals surface area contributed by atoms with Gasteiger partial charge in [0.25, 0.3) is 0 Å². The van der Waals surface area contributed by atoms with Crippen molar-refractivity contribution in [3.05, 3.63) is 69.8 Å². The van der Waals surface area contributed by atoms with E-state index in [1.165, 1.54) is 17.4 Å². The van der Waals surface area contributed by atoms with Gasteiger partial charge in [0.05, 0.1) is 20.7 Å². The third kappa shape index (κ3) is 4.03. The Morgan fingerprint density at radius 2 is 1.93 bits per heavy atom. The molecule has 0 fully saturated rings. The zero-order valence-corrected chi connectivity index (χ0v) is 16.6. The van der Waals surface area contributed by atoms with E-state index in [1.54, 1.807) is 42.6 Å². The van der Waals surface area contributed by atoms with Crippen molar-refractivity contribution in [1.82, 2.24) is 4.98 Å². The fourth-order valence-corrected chi connectivity index (χ4v) is 4.76. The summed E-state index contributed by atoms with van der Waals surface area (Å²) < 4.78 is 24.4. The van der Waals surface area contributed by atoms with E-state index in [0.717, 1.165) is 5.01 Å². The maximum atomic E-state index is 12.2. The van der Waals surface area contributed by atoms with Crippen LogP contribution in [-0.4, -0.2) is 19.3 Å². The van der Waals surface area contributed by atoms with Crippen LogP contribution in [0.25, 0.3) is 10.4 Å². The number of hydrogen-bond donors (Lipinski definition) is 2. The van der Waals surface area contributed by atoms with Crippen LogP contribution in [0.3, 0.4) is 0 Å². The largest absolute Gasteiger partial charge is 0.369 e. The van der Waals surface area contributed by atoms with Crippen LogP contribution in [0.1, 0.15) is 22.1 Å². The number of amides is 1. The number of aromatic nitrogens is 1. The van der Waals surface area contributed by atoms with Gasteiger partial charge in [-0.3, -0.25) is 4.79 Å². The number of nitrogens with zero attached hydrogens (tertiary/aromatic N) is 1. The first-order valence-electron chi connectivity index (χ1n) is 7.82. The number of carbonyl (C=O) groups excluding carboxylic acids is 1. The molecule has 0 aliphatic heterocycles. The summed E-state index contributed by atoms with van der Waals surface area (Å²) in [5.74, 6) is -1.55. The molecule has 0 saturated carbocycles. The molecule has 3 rings (SSSR count). The highest BCUT2D eigenvalue weighted by atomic mass is 35.5. The average Bonchev–Trinajstić information content (AvgIpc) is 3.02. The molecule has 0 spiro atoms. The Balaban J connectivity index is 2.22. The fourth-order valence-electron chi connectivity index (χ4n) is 2.85. The summed E-state index contributed by atoms with van der Waals surface area (Å²) in [4.78, 5) is 16.9. The van der Waals surface area contributed by atoms with E-state index in [2.05, 4.69) is 4.98 Å². The maximum Gasteiger partial charge on any atom is 0.238 e. The molecule has 27 heavy (non-hydrogen) atoms. The van der Waals surface area contributed by atoms with Gasteiger partial charge in [0.1, 0.15) is 0 Å². The Bertz CT molecular complexity index is 1130. The molecule has 1 aromatic heterocycles. The van der Waals surface area contributed by atoms with Crippen molar-refractivity contribution in [2.45, 2.75) is 17.7 Å². The van der Waals surface area contributed by atoms with Gasteiger partial charge < -0.3 is 5.73 Å².